The molecule has 1 aliphatic carbocycles. The Kier molecular flexibility index (Phi) is 6.51. The number of aromatic nitrogens is 2. The number of hydrogen-bond donors (Lipinski definition) is 1. The second-order valence-electron chi connectivity index (χ2n) is 10.2. The fourth-order valence-electron chi connectivity index (χ4n) is 5.64. The van der Waals surface area contributed by atoms with Gasteiger partial charge in [0.1, 0.15) is 16.7 Å². The van der Waals surface area contributed by atoms with Crippen molar-refractivity contribution in [2.24, 2.45) is 11.3 Å². The molecule has 1 saturated carbocycles. The van der Waals surface area contributed by atoms with Gasteiger partial charge in [-0.25, -0.2) is 0 Å². The number of nitrogens with zero attached hydrogens (tertiary/aromatic N) is 2. The molecule has 2 aromatic carbocycles. The molecule has 9 nitrogen and oxygen atoms in total. The zero-order valence-electron chi connectivity index (χ0n) is 22.2. The number of pyridine rings is 1. The Morgan fingerprint density at radius 3 is 2.45 bits per heavy atom. The number of anilines is 1. The molecular formula is C28H30ClN3O6. The number of halogens is 1. The Labute approximate surface area is 224 Å². The zero-order chi connectivity index (χ0) is 27.4. The highest BCUT2D eigenvalue weighted by atomic mass is 35.5. The Balaban J connectivity index is 1.43. The number of rotatable bonds is 7. The summed E-state index contributed by atoms with van der Waals surface area (Å²) in [4.78, 5) is 26.8. The topological polar surface area (TPSA) is 105 Å². The highest BCUT2D eigenvalue weighted by Crippen LogP contribution is 2.56. The molecule has 0 aliphatic heterocycles. The average Bonchev–Trinajstić information content (AvgIpc) is 3.28. The van der Waals surface area contributed by atoms with Crippen LogP contribution < -0.4 is 25.1 Å². The van der Waals surface area contributed by atoms with Gasteiger partial charge in [-0.05, 0) is 36.8 Å². The van der Waals surface area contributed by atoms with Crippen molar-refractivity contribution in [3.05, 3.63) is 51.5 Å². The van der Waals surface area contributed by atoms with Gasteiger partial charge in [0.05, 0.1) is 31.9 Å². The second-order valence-corrected chi connectivity index (χ2v) is 10.6. The van der Waals surface area contributed by atoms with Gasteiger partial charge in [-0.1, -0.05) is 36.7 Å². The van der Waals surface area contributed by atoms with Gasteiger partial charge >= 0.3 is 0 Å². The molecule has 5 rings (SSSR count). The van der Waals surface area contributed by atoms with Crippen LogP contribution in [0.3, 0.4) is 0 Å². The fraction of sp³-hybridized carbons (Fsp3) is 0.393. The van der Waals surface area contributed by atoms with Crippen molar-refractivity contribution in [2.75, 3.05) is 26.6 Å². The van der Waals surface area contributed by atoms with Crippen LogP contribution in [-0.4, -0.2) is 37.0 Å². The molecule has 1 fully saturated rings. The van der Waals surface area contributed by atoms with Crippen molar-refractivity contribution in [1.29, 1.82) is 0 Å². The highest BCUT2D eigenvalue weighted by Gasteiger charge is 2.50. The van der Waals surface area contributed by atoms with Gasteiger partial charge in [0.25, 0.3) is 5.56 Å². The van der Waals surface area contributed by atoms with Crippen LogP contribution in [0.15, 0.2) is 39.6 Å². The first-order valence-electron chi connectivity index (χ1n) is 12.3. The maximum Gasteiger partial charge on any atom is 0.264 e. The summed E-state index contributed by atoms with van der Waals surface area (Å²) in [6, 6.07) is 8.75. The summed E-state index contributed by atoms with van der Waals surface area (Å²) in [5.74, 6) is 1.73. The molecule has 1 N–H and O–H groups in total. The van der Waals surface area contributed by atoms with E-state index in [-0.39, 0.29) is 28.8 Å². The Morgan fingerprint density at radius 1 is 1.16 bits per heavy atom. The minimum atomic E-state index is -0.343. The molecule has 0 bridgehead atoms. The minimum Gasteiger partial charge on any atom is -0.493 e. The summed E-state index contributed by atoms with van der Waals surface area (Å²) in [7, 11) is 4.58. The van der Waals surface area contributed by atoms with Crippen molar-refractivity contribution in [2.45, 2.75) is 39.7 Å². The number of fused-ring (bicyclic) bond motifs is 3. The van der Waals surface area contributed by atoms with E-state index in [1.165, 1.54) is 21.3 Å². The van der Waals surface area contributed by atoms with E-state index in [0.717, 1.165) is 0 Å². The highest BCUT2D eigenvalue weighted by molar-refractivity contribution is 6.37. The summed E-state index contributed by atoms with van der Waals surface area (Å²) in [6.07, 6.45) is 0.954. The molecule has 2 atom stereocenters. The van der Waals surface area contributed by atoms with E-state index >= 15 is 0 Å². The molecule has 10 heteroatoms. The molecule has 38 heavy (non-hydrogen) atoms. The fourth-order valence-corrected chi connectivity index (χ4v) is 5.90. The Morgan fingerprint density at radius 2 is 1.84 bits per heavy atom. The van der Waals surface area contributed by atoms with Crippen LogP contribution in [0.1, 0.15) is 38.5 Å². The predicted octanol–water partition coefficient (Wildman–Crippen LogP) is 5.75. The van der Waals surface area contributed by atoms with E-state index in [1.807, 2.05) is 12.1 Å². The number of benzene rings is 2. The summed E-state index contributed by atoms with van der Waals surface area (Å²) in [5.41, 5.74) is 1.23. The average molecular weight is 540 g/mol. The quantitative estimate of drug-likeness (QED) is 0.319. The van der Waals surface area contributed by atoms with Crippen molar-refractivity contribution in [3.63, 3.8) is 0 Å². The van der Waals surface area contributed by atoms with Crippen LogP contribution in [0, 0.1) is 18.3 Å². The lowest BCUT2D eigenvalue weighted by atomic mass is 9.57. The van der Waals surface area contributed by atoms with Gasteiger partial charge in [-0.15, -0.1) is 0 Å². The molecule has 2 aromatic heterocycles. The first kappa shape index (κ1) is 25.9. The van der Waals surface area contributed by atoms with Gasteiger partial charge in [0.15, 0.2) is 11.5 Å². The number of hydrogen-bond acceptors (Lipinski definition) is 7. The van der Waals surface area contributed by atoms with Gasteiger partial charge in [0.2, 0.25) is 11.7 Å². The summed E-state index contributed by atoms with van der Waals surface area (Å²) in [6.45, 7) is 5.91. The lowest BCUT2D eigenvalue weighted by molar-refractivity contribution is -0.121. The maximum absolute atomic E-state index is 13.7. The maximum atomic E-state index is 13.7. The van der Waals surface area contributed by atoms with Crippen LogP contribution in [0.4, 0.5) is 5.69 Å². The zero-order valence-corrected chi connectivity index (χ0v) is 22.9. The van der Waals surface area contributed by atoms with Crippen LogP contribution in [-0.2, 0) is 4.79 Å². The van der Waals surface area contributed by atoms with Crippen LogP contribution in [0.25, 0.3) is 21.8 Å². The third kappa shape index (κ3) is 3.96. The smallest absolute Gasteiger partial charge is 0.264 e. The van der Waals surface area contributed by atoms with E-state index in [9.17, 15) is 9.59 Å². The number of aryl methyl sites for hydroxylation is 1. The van der Waals surface area contributed by atoms with Gasteiger partial charge < -0.3 is 28.6 Å². The van der Waals surface area contributed by atoms with Crippen LogP contribution in [0.5, 0.6) is 17.2 Å². The summed E-state index contributed by atoms with van der Waals surface area (Å²) >= 11 is 6.57. The van der Waals surface area contributed by atoms with E-state index in [4.69, 9.17) is 30.3 Å². The molecule has 2 unspecified atom stereocenters. The van der Waals surface area contributed by atoms with Crippen LogP contribution >= 0.6 is 11.6 Å². The molecule has 1 aliphatic rings. The van der Waals surface area contributed by atoms with Crippen molar-refractivity contribution in [1.82, 2.24) is 9.72 Å². The van der Waals surface area contributed by atoms with E-state index in [1.54, 1.807) is 29.7 Å². The van der Waals surface area contributed by atoms with E-state index in [2.05, 4.69) is 24.3 Å². The Hall–Kier alpha value is -3.72. The third-order valence-corrected chi connectivity index (χ3v) is 8.21. The summed E-state index contributed by atoms with van der Waals surface area (Å²) in [5, 5.41) is 8.71. The molecule has 200 valence electrons. The molecule has 0 radical (unpaired) electrons. The lowest BCUT2D eigenvalue weighted by Crippen LogP contribution is -2.50. The number of methoxy groups -OCH3 is 3. The molecule has 2 heterocycles. The van der Waals surface area contributed by atoms with Gasteiger partial charge in [-0.3, -0.25) is 9.59 Å². The molecule has 0 spiro atoms. The Bertz CT molecular complexity index is 1600. The van der Waals surface area contributed by atoms with Crippen molar-refractivity contribution < 1.29 is 23.5 Å². The van der Waals surface area contributed by atoms with Gasteiger partial charge in [-0.2, -0.15) is 0 Å². The third-order valence-electron chi connectivity index (χ3n) is 7.89. The molecule has 0 saturated heterocycles. The van der Waals surface area contributed by atoms with E-state index in [0.29, 0.717) is 68.4 Å². The van der Waals surface area contributed by atoms with Gasteiger partial charge in [0, 0.05) is 35.7 Å². The van der Waals surface area contributed by atoms with Crippen molar-refractivity contribution >= 4 is 45.0 Å². The summed E-state index contributed by atoms with van der Waals surface area (Å²) < 4.78 is 23.3. The number of carbonyl (C=O) groups excluding carboxylic acids is 1. The first-order valence-corrected chi connectivity index (χ1v) is 12.7. The standard InChI is InChI=1S/C28H30ClN3O6/c1-14-23-25(31-38-14)24-17(29)8-7-9-18(24)32(27(23)34)21-10-15(28(21,2)3)11-22(33)30-16-12-19(35-4)26(37-6)20(13-16)36-5/h7-9,12-13,15,21H,10-11H2,1-6H3,(H,30,33). The molecular weight excluding hydrogens is 510 g/mol. The second kappa shape index (κ2) is 9.54. The van der Waals surface area contributed by atoms with Crippen molar-refractivity contribution in [3.8, 4) is 17.2 Å². The number of ether oxygens (including phenoxy) is 3. The predicted molar refractivity (Wildman–Crippen MR) is 146 cm³/mol. The van der Waals surface area contributed by atoms with E-state index < -0.39 is 0 Å². The molecule has 1 amide bonds. The number of amides is 1. The number of carbonyl (C=O) groups is 1. The minimum absolute atomic E-state index is 0.0509. The van der Waals surface area contributed by atoms with Crippen LogP contribution in [0.2, 0.25) is 5.02 Å². The monoisotopic (exact) mass is 539 g/mol. The largest absolute Gasteiger partial charge is 0.493 e. The molecule has 4 aromatic rings. The number of nitrogens with one attached hydrogen (secondary N) is 1. The first-order chi connectivity index (χ1) is 18.1. The SMILES string of the molecule is COc1cc(NC(=O)CC2CC(n3c(=O)c4c(C)onc4c4c(Cl)cccc43)C2(C)C)cc(OC)c1OC. The normalized spacial score (nSPS) is 18.3. The lowest BCUT2D eigenvalue weighted by Gasteiger charge is -2.53.